The third-order valence-electron chi connectivity index (χ3n) is 6.38. The van der Waals surface area contributed by atoms with Crippen LogP contribution in [0.25, 0.3) is 11.3 Å². The summed E-state index contributed by atoms with van der Waals surface area (Å²) in [6.45, 7) is 7.08. The molecule has 1 aromatic heterocycles. The van der Waals surface area contributed by atoms with Crippen molar-refractivity contribution in [2.45, 2.75) is 31.8 Å². The number of likely N-dealkylation sites (tertiary alicyclic amines) is 2. The van der Waals surface area contributed by atoms with Crippen LogP contribution in [0.5, 0.6) is 0 Å². The number of halogens is 2. The molecule has 1 unspecified atom stereocenters. The standard InChI is InChI=1S/C24H30FN5O2.ClH/c1-3-10-30-15-17(13-23(30)31)24(32)26-18-8-11-29(12-9-18)16-19-14-22(27-28(19)2)20-6-4-5-7-21(20)25;/h3-7,14,17-18H,1,8-13,15-16H2,2H3,(H,26,32);1H. The lowest BCUT2D eigenvalue weighted by molar-refractivity contribution is -0.129. The van der Waals surface area contributed by atoms with Gasteiger partial charge in [0.2, 0.25) is 11.8 Å². The molecule has 2 aliphatic heterocycles. The lowest BCUT2D eigenvalue weighted by Gasteiger charge is -2.32. The van der Waals surface area contributed by atoms with Gasteiger partial charge in [0.25, 0.3) is 0 Å². The van der Waals surface area contributed by atoms with Gasteiger partial charge in [-0.05, 0) is 31.0 Å². The topological polar surface area (TPSA) is 70.5 Å². The lowest BCUT2D eigenvalue weighted by atomic mass is 10.0. The maximum Gasteiger partial charge on any atom is 0.225 e. The fraction of sp³-hybridized carbons (Fsp3) is 0.458. The van der Waals surface area contributed by atoms with Gasteiger partial charge in [-0.3, -0.25) is 19.2 Å². The Morgan fingerprint density at radius 2 is 2.03 bits per heavy atom. The number of piperidine rings is 1. The third kappa shape index (κ3) is 5.81. The molecule has 0 radical (unpaired) electrons. The highest BCUT2D eigenvalue weighted by Gasteiger charge is 2.34. The maximum absolute atomic E-state index is 14.1. The number of nitrogens with one attached hydrogen (secondary N) is 1. The summed E-state index contributed by atoms with van der Waals surface area (Å²) >= 11 is 0. The Bertz CT molecular complexity index is 1000. The van der Waals surface area contributed by atoms with Crippen LogP contribution >= 0.6 is 12.4 Å². The van der Waals surface area contributed by atoms with Crippen molar-refractivity contribution in [2.75, 3.05) is 26.2 Å². The molecule has 2 aliphatic rings. The molecule has 0 aliphatic carbocycles. The SMILES string of the molecule is C=CCN1CC(C(=O)NC2CCN(Cc3cc(-c4ccccc4F)nn3C)CC2)CC1=O.Cl. The lowest BCUT2D eigenvalue weighted by Crippen LogP contribution is -2.46. The second kappa shape index (κ2) is 10.9. The van der Waals surface area contributed by atoms with E-state index in [1.165, 1.54) is 6.07 Å². The predicted molar refractivity (Wildman–Crippen MR) is 127 cm³/mol. The molecule has 0 saturated carbocycles. The van der Waals surface area contributed by atoms with Crippen LogP contribution in [0.1, 0.15) is 25.0 Å². The van der Waals surface area contributed by atoms with Crippen LogP contribution in [0.3, 0.4) is 0 Å². The van der Waals surface area contributed by atoms with Crippen LogP contribution in [0.15, 0.2) is 43.0 Å². The van der Waals surface area contributed by atoms with E-state index in [1.807, 2.05) is 23.9 Å². The summed E-state index contributed by atoms with van der Waals surface area (Å²) in [5, 5.41) is 7.63. The van der Waals surface area contributed by atoms with Gasteiger partial charge in [-0.1, -0.05) is 18.2 Å². The van der Waals surface area contributed by atoms with Crippen LogP contribution < -0.4 is 5.32 Å². The van der Waals surface area contributed by atoms with Gasteiger partial charge in [-0.2, -0.15) is 5.10 Å². The van der Waals surface area contributed by atoms with Crippen molar-refractivity contribution in [3.05, 3.63) is 54.5 Å². The summed E-state index contributed by atoms with van der Waals surface area (Å²) in [7, 11) is 1.88. The second-order valence-corrected chi connectivity index (χ2v) is 8.67. The van der Waals surface area contributed by atoms with Gasteiger partial charge in [0.15, 0.2) is 0 Å². The first-order valence-electron chi connectivity index (χ1n) is 11.1. The van der Waals surface area contributed by atoms with E-state index in [0.29, 0.717) is 24.3 Å². The maximum atomic E-state index is 14.1. The molecule has 178 valence electrons. The number of benzene rings is 1. The number of amides is 2. The van der Waals surface area contributed by atoms with Crippen LogP contribution in [0, 0.1) is 11.7 Å². The Morgan fingerprint density at radius 3 is 2.73 bits per heavy atom. The zero-order valence-corrected chi connectivity index (χ0v) is 19.7. The smallest absolute Gasteiger partial charge is 0.225 e. The minimum atomic E-state index is -0.273. The largest absolute Gasteiger partial charge is 0.353 e. The molecule has 7 nitrogen and oxygen atoms in total. The summed E-state index contributed by atoms with van der Waals surface area (Å²) in [6.07, 6.45) is 3.69. The fourth-order valence-corrected chi connectivity index (χ4v) is 4.52. The number of hydrogen-bond acceptors (Lipinski definition) is 4. The summed E-state index contributed by atoms with van der Waals surface area (Å²) in [6, 6.07) is 8.74. The molecule has 1 N–H and O–H groups in total. The molecule has 1 atom stereocenters. The molecule has 4 rings (SSSR count). The van der Waals surface area contributed by atoms with Crippen molar-refractivity contribution >= 4 is 24.2 Å². The number of carbonyl (C=O) groups is 2. The average Bonchev–Trinajstić information content (AvgIpc) is 3.32. The Kier molecular flexibility index (Phi) is 8.26. The molecule has 2 saturated heterocycles. The fourth-order valence-electron chi connectivity index (χ4n) is 4.52. The van der Waals surface area contributed by atoms with Gasteiger partial charge in [-0.25, -0.2) is 4.39 Å². The van der Waals surface area contributed by atoms with E-state index in [4.69, 9.17) is 0 Å². The molecule has 3 heterocycles. The van der Waals surface area contributed by atoms with Crippen molar-refractivity contribution in [3.63, 3.8) is 0 Å². The molecular formula is C24H31ClFN5O2. The molecule has 2 fully saturated rings. The molecule has 2 amide bonds. The van der Waals surface area contributed by atoms with E-state index < -0.39 is 0 Å². The van der Waals surface area contributed by atoms with E-state index in [9.17, 15) is 14.0 Å². The van der Waals surface area contributed by atoms with Gasteiger partial charge in [0.05, 0.1) is 17.3 Å². The highest BCUT2D eigenvalue weighted by Crippen LogP contribution is 2.24. The molecule has 9 heteroatoms. The predicted octanol–water partition coefficient (Wildman–Crippen LogP) is 2.76. The van der Waals surface area contributed by atoms with E-state index in [2.05, 4.69) is 21.9 Å². The second-order valence-electron chi connectivity index (χ2n) is 8.67. The number of rotatable bonds is 7. The Hall–Kier alpha value is -2.71. The number of carbonyl (C=O) groups excluding carboxylic acids is 2. The summed E-state index contributed by atoms with van der Waals surface area (Å²) in [5.41, 5.74) is 2.17. The van der Waals surface area contributed by atoms with E-state index in [1.54, 1.807) is 23.1 Å². The van der Waals surface area contributed by atoms with Crippen molar-refractivity contribution in [2.24, 2.45) is 13.0 Å². The highest BCUT2D eigenvalue weighted by atomic mass is 35.5. The first-order chi connectivity index (χ1) is 15.4. The number of aromatic nitrogens is 2. The third-order valence-corrected chi connectivity index (χ3v) is 6.38. The van der Waals surface area contributed by atoms with Gasteiger partial charge < -0.3 is 10.2 Å². The first kappa shape index (κ1) is 24.9. The molecule has 2 aromatic rings. The van der Waals surface area contributed by atoms with Crippen LogP contribution in [0.2, 0.25) is 0 Å². The zero-order chi connectivity index (χ0) is 22.7. The number of nitrogens with zero attached hydrogens (tertiary/aromatic N) is 4. The van der Waals surface area contributed by atoms with Crippen LogP contribution in [0.4, 0.5) is 4.39 Å². The first-order valence-corrected chi connectivity index (χ1v) is 11.1. The van der Waals surface area contributed by atoms with Gasteiger partial charge in [-0.15, -0.1) is 19.0 Å². The van der Waals surface area contributed by atoms with Gasteiger partial charge in [0.1, 0.15) is 5.82 Å². The van der Waals surface area contributed by atoms with Crippen molar-refractivity contribution in [1.29, 1.82) is 0 Å². The molecule has 0 bridgehead atoms. The molecule has 0 spiro atoms. The Morgan fingerprint density at radius 1 is 1.30 bits per heavy atom. The number of aryl methyl sites for hydroxylation is 1. The molecular weight excluding hydrogens is 445 g/mol. The van der Waals surface area contributed by atoms with Crippen molar-refractivity contribution in [3.8, 4) is 11.3 Å². The molecule has 33 heavy (non-hydrogen) atoms. The molecule has 1 aromatic carbocycles. The van der Waals surface area contributed by atoms with Gasteiger partial charge >= 0.3 is 0 Å². The Labute approximate surface area is 200 Å². The van der Waals surface area contributed by atoms with E-state index in [0.717, 1.165) is 38.2 Å². The quantitative estimate of drug-likeness (QED) is 0.625. The normalized spacial score (nSPS) is 19.4. The zero-order valence-electron chi connectivity index (χ0n) is 18.9. The van der Waals surface area contributed by atoms with E-state index >= 15 is 0 Å². The summed E-state index contributed by atoms with van der Waals surface area (Å²) < 4.78 is 15.9. The highest BCUT2D eigenvalue weighted by molar-refractivity contribution is 5.89. The van der Waals surface area contributed by atoms with Gasteiger partial charge in [0, 0.05) is 57.8 Å². The number of hydrogen-bond donors (Lipinski definition) is 1. The minimum Gasteiger partial charge on any atom is -0.353 e. The average molecular weight is 476 g/mol. The monoisotopic (exact) mass is 475 g/mol. The van der Waals surface area contributed by atoms with Crippen LogP contribution in [-0.4, -0.2) is 63.6 Å². The minimum absolute atomic E-state index is 0. The Balaban J connectivity index is 0.00000306. The van der Waals surface area contributed by atoms with E-state index in [-0.39, 0.29) is 48.4 Å². The van der Waals surface area contributed by atoms with Crippen LogP contribution in [-0.2, 0) is 23.2 Å². The summed E-state index contributed by atoms with van der Waals surface area (Å²) in [5.74, 6) is -0.549. The summed E-state index contributed by atoms with van der Waals surface area (Å²) in [4.78, 5) is 28.6. The van der Waals surface area contributed by atoms with Crippen molar-refractivity contribution in [1.82, 2.24) is 24.9 Å². The van der Waals surface area contributed by atoms with Crippen molar-refractivity contribution < 1.29 is 14.0 Å².